The number of rotatable bonds is 7. The Morgan fingerprint density at radius 3 is 2.27 bits per heavy atom. The first-order valence-corrected chi connectivity index (χ1v) is 9.71. The Kier molecular flexibility index (Phi) is 7.00. The highest BCUT2D eigenvalue weighted by Crippen LogP contribution is 2.23. The molecule has 0 aliphatic rings. The van der Waals surface area contributed by atoms with Crippen LogP contribution in [0, 0.1) is 0 Å². The first-order valence-electron chi connectivity index (χ1n) is 9.71. The van der Waals surface area contributed by atoms with Gasteiger partial charge in [0.05, 0.1) is 12.8 Å². The van der Waals surface area contributed by atoms with E-state index in [-0.39, 0.29) is 11.8 Å². The van der Waals surface area contributed by atoms with E-state index < -0.39 is 0 Å². The summed E-state index contributed by atoms with van der Waals surface area (Å²) >= 11 is 0. The van der Waals surface area contributed by atoms with Gasteiger partial charge >= 0.3 is 0 Å². The second-order valence-electron chi connectivity index (χ2n) is 6.65. The third-order valence-electron chi connectivity index (χ3n) is 4.58. The molecule has 2 N–H and O–H groups in total. The molecule has 0 aromatic heterocycles. The molecular weight excluding hydrogens is 376 g/mol. The van der Waals surface area contributed by atoms with Crippen LogP contribution in [0.4, 0.5) is 11.4 Å². The summed E-state index contributed by atoms with van der Waals surface area (Å²) in [5, 5.41) is 5.61. The number of hydrogen-bond acceptors (Lipinski definition) is 3. The number of aryl methyl sites for hydroxylation is 1. The zero-order valence-electron chi connectivity index (χ0n) is 17.0. The molecule has 3 aromatic carbocycles. The van der Waals surface area contributed by atoms with E-state index in [1.54, 1.807) is 49.6 Å². The van der Waals surface area contributed by atoms with Crippen LogP contribution in [-0.4, -0.2) is 18.9 Å². The zero-order chi connectivity index (χ0) is 21.3. The largest absolute Gasteiger partial charge is 0.495 e. The Labute approximate surface area is 176 Å². The molecule has 152 valence electrons. The maximum Gasteiger partial charge on any atom is 0.255 e. The summed E-state index contributed by atoms with van der Waals surface area (Å²) in [5.41, 5.74) is 3.90. The predicted molar refractivity (Wildman–Crippen MR) is 121 cm³/mol. The lowest BCUT2D eigenvalue weighted by molar-refractivity contribution is -0.111. The quantitative estimate of drug-likeness (QED) is 0.538. The van der Waals surface area contributed by atoms with Crippen LogP contribution in [0.15, 0.2) is 78.9 Å². The molecule has 0 unspecified atom stereocenters. The average molecular weight is 400 g/mol. The van der Waals surface area contributed by atoms with E-state index in [1.807, 2.05) is 36.4 Å². The van der Waals surface area contributed by atoms with Gasteiger partial charge in [-0.2, -0.15) is 0 Å². The van der Waals surface area contributed by atoms with Crippen LogP contribution in [-0.2, 0) is 11.2 Å². The van der Waals surface area contributed by atoms with Crippen LogP contribution < -0.4 is 15.4 Å². The molecular formula is C25H24N2O3. The van der Waals surface area contributed by atoms with Gasteiger partial charge in [-0.3, -0.25) is 9.59 Å². The van der Waals surface area contributed by atoms with Gasteiger partial charge in [0.25, 0.3) is 5.91 Å². The van der Waals surface area contributed by atoms with E-state index in [1.165, 1.54) is 11.6 Å². The topological polar surface area (TPSA) is 67.4 Å². The van der Waals surface area contributed by atoms with Crippen molar-refractivity contribution in [1.29, 1.82) is 0 Å². The number of ether oxygens (including phenoxy) is 1. The van der Waals surface area contributed by atoms with Crippen LogP contribution in [0.1, 0.15) is 28.4 Å². The van der Waals surface area contributed by atoms with E-state index in [0.29, 0.717) is 22.7 Å². The van der Waals surface area contributed by atoms with E-state index in [4.69, 9.17) is 4.74 Å². The SMILES string of the molecule is CCc1ccc(/C=C/C(=O)Nc2ccc(C(=O)Nc3ccccc3OC)cc2)cc1. The number of methoxy groups -OCH3 is 1. The summed E-state index contributed by atoms with van der Waals surface area (Å²) in [4.78, 5) is 24.6. The molecule has 0 atom stereocenters. The molecule has 0 saturated carbocycles. The summed E-state index contributed by atoms with van der Waals surface area (Å²) in [6.07, 6.45) is 4.24. The van der Waals surface area contributed by atoms with E-state index in [0.717, 1.165) is 12.0 Å². The molecule has 5 heteroatoms. The lowest BCUT2D eigenvalue weighted by Crippen LogP contribution is -2.13. The number of benzene rings is 3. The fourth-order valence-electron chi connectivity index (χ4n) is 2.87. The van der Waals surface area contributed by atoms with Crippen molar-refractivity contribution >= 4 is 29.3 Å². The summed E-state index contributed by atoms with van der Waals surface area (Å²) in [6.45, 7) is 2.10. The third kappa shape index (κ3) is 5.58. The van der Waals surface area contributed by atoms with Crippen molar-refractivity contribution in [2.45, 2.75) is 13.3 Å². The predicted octanol–water partition coefficient (Wildman–Crippen LogP) is 5.16. The van der Waals surface area contributed by atoms with E-state index >= 15 is 0 Å². The van der Waals surface area contributed by atoms with Gasteiger partial charge < -0.3 is 15.4 Å². The van der Waals surface area contributed by atoms with Crippen molar-refractivity contribution < 1.29 is 14.3 Å². The molecule has 0 heterocycles. The van der Waals surface area contributed by atoms with Gasteiger partial charge in [-0.1, -0.05) is 43.3 Å². The number of nitrogens with one attached hydrogen (secondary N) is 2. The van der Waals surface area contributed by atoms with Crippen molar-refractivity contribution in [3.63, 3.8) is 0 Å². The Morgan fingerprint density at radius 2 is 1.60 bits per heavy atom. The normalized spacial score (nSPS) is 10.6. The highest BCUT2D eigenvalue weighted by molar-refractivity contribution is 6.06. The van der Waals surface area contributed by atoms with Gasteiger partial charge in [-0.05, 0) is 60.0 Å². The number of carbonyl (C=O) groups excluding carboxylic acids is 2. The summed E-state index contributed by atoms with van der Waals surface area (Å²) < 4.78 is 5.24. The van der Waals surface area contributed by atoms with Gasteiger partial charge in [0.15, 0.2) is 0 Å². The van der Waals surface area contributed by atoms with Gasteiger partial charge in [0, 0.05) is 17.3 Å². The van der Waals surface area contributed by atoms with Gasteiger partial charge in [-0.15, -0.1) is 0 Å². The minimum atomic E-state index is -0.257. The van der Waals surface area contributed by atoms with Crippen LogP contribution in [0.2, 0.25) is 0 Å². The fourth-order valence-corrected chi connectivity index (χ4v) is 2.87. The van der Waals surface area contributed by atoms with Crippen LogP contribution in [0.25, 0.3) is 6.08 Å². The van der Waals surface area contributed by atoms with Crippen LogP contribution in [0.3, 0.4) is 0 Å². The molecule has 3 aromatic rings. The number of hydrogen-bond donors (Lipinski definition) is 2. The number of carbonyl (C=O) groups is 2. The summed E-state index contributed by atoms with van der Waals surface area (Å²) in [6, 6.07) is 22.0. The Hall–Kier alpha value is -3.86. The lowest BCUT2D eigenvalue weighted by atomic mass is 10.1. The number of anilines is 2. The molecule has 0 spiro atoms. The summed E-state index contributed by atoms with van der Waals surface area (Å²) in [5.74, 6) is 0.0967. The molecule has 0 fully saturated rings. The van der Waals surface area contributed by atoms with Crippen molar-refractivity contribution in [3.8, 4) is 5.75 Å². The highest BCUT2D eigenvalue weighted by atomic mass is 16.5. The second-order valence-corrected chi connectivity index (χ2v) is 6.65. The Balaban J connectivity index is 1.58. The molecule has 0 radical (unpaired) electrons. The smallest absolute Gasteiger partial charge is 0.255 e. The van der Waals surface area contributed by atoms with E-state index in [2.05, 4.69) is 17.6 Å². The number of amides is 2. The van der Waals surface area contributed by atoms with Crippen LogP contribution in [0.5, 0.6) is 5.75 Å². The first-order chi connectivity index (χ1) is 14.6. The Bertz CT molecular complexity index is 1040. The van der Waals surface area contributed by atoms with Gasteiger partial charge in [-0.25, -0.2) is 0 Å². The Morgan fingerprint density at radius 1 is 0.900 bits per heavy atom. The molecule has 0 aliphatic heterocycles. The third-order valence-corrected chi connectivity index (χ3v) is 4.58. The average Bonchev–Trinajstić information content (AvgIpc) is 2.79. The van der Waals surface area contributed by atoms with Crippen LogP contribution >= 0.6 is 0 Å². The van der Waals surface area contributed by atoms with Crippen molar-refractivity contribution in [2.24, 2.45) is 0 Å². The van der Waals surface area contributed by atoms with Gasteiger partial charge in [0.2, 0.25) is 5.91 Å². The van der Waals surface area contributed by atoms with Crippen molar-refractivity contribution in [2.75, 3.05) is 17.7 Å². The molecule has 3 rings (SSSR count). The van der Waals surface area contributed by atoms with Crippen molar-refractivity contribution in [3.05, 3.63) is 95.6 Å². The molecule has 2 amide bonds. The first kappa shape index (κ1) is 20.9. The standard InChI is InChI=1S/C25H24N2O3/c1-3-18-8-10-19(11-9-18)12-17-24(28)26-21-15-13-20(14-16-21)25(29)27-22-6-4-5-7-23(22)30-2/h4-17H,3H2,1-2H3,(H,26,28)(H,27,29)/b17-12+. The molecule has 0 saturated heterocycles. The molecule has 30 heavy (non-hydrogen) atoms. The molecule has 0 aliphatic carbocycles. The highest BCUT2D eigenvalue weighted by Gasteiger charge is 2.09. The maximum absolute atomic E-state index is 12.5. The fraction of sp³-hybridized carbons (Fsp3) is 0.120. The van der Waals surface area contributed by atoms with Gasteiger partial charge in [0.1, 0.15) is 5.75 Å². The van der Waals surface area contributed by atoms with E-state index in [9.17, 15) is 9.59 Å². The minimum absolute atomic E-state index is 0.235. The number of para-hydroxylation sites is 2. The minimum Gasteiger partial charge on any atom is -0.495 e. The molecule has 5 nitrogen and oxygen atoms in total. The second kappa shape index (κ2) is 10.1. The monoisotopic (exact) mass is 400 g/mol. The zero-order valence-corrected chi connectivity index (χ0v) is 17.0. The summed E-state index contributed by atoms with van der Waals surface area (Å²) in [7, 11) is 1.55. The lowest BCUT2D eigenvalue weighted by Gasteiger charge is -2.10. The van der Waals surface area contributed by atoms with Crippen molar-refractivity contribution in [1.82, 2.24) is 0 Å². The maximum atomic E-state index is 12.5. The molecule has 0 bridgehead atoms.